The summed E-state index contributed by atoms with van der Waals surface area (Å²) >= 11 is 0. The Kier molecular flexibility index (Phi) is 4.35. The minimum absolute atomic E-state index is 0.197. The average molecular weight is 345 g/mol. The van der Waals surface area contributed by atoms with E-state index in [0.717, 1.165) is 10.8 Å². The van der Waals surface area contributed by atoms with E-state index in [9.17, 15) is 14.9 Å². The highest BCUT2D eigenvalue weighted by molar-refractivity contribution is 6.05. The molecule has 0 saturated carbocycles. The molecule has 5 heteroatoms. The Morgan fingerprint density at radius 2 is 1.77 bits per heavy atom. The number of aromatic nitrogens is 1. The van der Waals surface area contributed by atoms with E-state index < -0.39 is 5.54 Å². The number of carbonyl (C=O) groups is 1. The second kappa shape index (κ2) is 6.49. The van der Waals surface area contributed by atoms with Gasteiger partial charge in [-0.1, -0.05) is 30.3 Å². The molecule has 0 spiro atoms. The van der Waals surface area contributed by atoms with Crippen molar-refractivity contribution >= 4 is 22.4 Å². The highest BCUT2D eigenvalue weighted by atomic mass is 16.2. The summed E-state index contributed by atoms with van der Waals surface area (Å²) < 4.78 is 1.43. The third kappa shape index (κ3) is 2.86. The number of nitrogens with zero attached hydrogens (tertiary/aromatic N) is 2. The SMILES string of the molecule is Cc1cccn(C(C)(C)C(=O)Nc2ccc(C#N)c3ccccc23)c1=O. The molecule has 0 saturated heterocycles. The molecule has 0 radical (unpaired) electrons. The molecule has 2 aromatic carbocycles. The third-order valence-electron chi connectivity index (χ3n) is 4.59. The normalized spacial score (nSPS) is 11.2. The molecule has 0 unspecified atom stereocenters. The van der Waals surface area contributed by atoms with E-state index in [2.05, 4.69) is 11.4 Å². The molecule has 26 heavy (non-hydrogen) atoms. The van der Waals surface area contributed by atoms with Gasteiger partial charge < -0.3 is 9.88 Å². The molecule has 0 fully saturated rings. The van der Waals surface area contributed by atoms with Gasteiger partial charge in [0.1, 0.15) is 5.54 Å². The van der Waals surface area contributed by atoms with Crippen LogP contribution in [-0.4, -0.2) is 10.5 Å². The Bertz CT molecular complexity index is 1100. The summed E-state index contributed by atoms with van der Waals surface area (Å²) in [6, 6.07) is 16.5. The van der Waals surface area contributed by atoms with Crippen molar-refractivity contribution in [3.63, 3.8) is 0 Å². The number of nitrogens with one attached hydrogen (secondary N) is 1. The molecule has 130 valence electrons. The second-order valence-electron chi connectivity index (χ2n) is 6.70. The van der Waals surface area contributed by atoms with E-state index in [1.165, 1.54) is 4.57 Å². The standard InChI is InChI=1S/C21H19N3O2/c1-14-7-6-12-24(19(14)25)21(2,3)20(26)23-18-11-10-15(13-22)16-8-4-5-9-17(16)18/h4-12H,1-3H3,(H,23,26). The van der Waals surface area contributed by atoms with Gasteiger partial charge >= 0.3 is 0 Å². The van der Waals surface area contributed by atoms with E-state index in [1.807, 2.05) is 24.3 Å². The zero-order valence-corrected chi connectivity index (χ0v) is 14.9. The number of hydrogen-bond acceptors (Lipinski definition) is 3. The number of nitriles is 1. The highest BCUT2D eigenvalue weighted by Gasteiger charge is 2.31. The van der Waals surface area contributed by atoms with Gasteiger partial charge in [0.15, 0.2) is 0 Å². The summed E-state index contributed by atoms with van der Waals surface area (Å²) in [5.41, 5.74) is 0.471. The monoisotopic (exact) mass is 345 g/mol. The fourth-order valence-corrected chi connectivity index (χ4v) is 2.93. The van der Waals surface area contributed by atoms with Crippen molar-refractivity contribution in [3.8, 4) is 6.07 Å². The minimum Gasteiger partial charge on any atom is -0.323 e. The molecule has 1 amide bonds. The highest BCUT2D eigenvalue weighted by Crippen LogP contribution is 2.27. The molecule has 0 bridgehead atoms. The Labute approximate surface area is 151 Å². The number of amides is 1. The van der Waals surface area contributed by atoms with Crippen LogP contribution in [0.1, 0.15) is 25.0 Å². The van der Waals surface area contributed by atoms with Crippen LogP contribution in [0.3, 0.4) is 0 Å². The van der Waals surface area contributed by atoms with Crippen LogP contribution < -0.4 is 10.9 Å². The molecule has 5 nitrogen and oxygen atoms in total. The number of anilines is 1. The lowest BCUT2D eigenvalue weighted by molar-refractivity contribution is -0.123. The summed E-state index contributed by atoms with van der Waals surface area (Å²) in [4.78, 5) is 25.4. The maximum absolute atomic E-state index is 13.0. The van der Waals surface area contributed by atoms with Crippen LogP contribution in [-0.2, 0) is 10.3 Å². The number of pyridine rings is 1. The quantitative estimate of drug-likeness (QED) is 0.789. The minimum atomic E-state index is -1.07. The van der Waals surface area contributed by atoms with Gasteiger partial charge in [0.2, 0.25) is 5.91 Å². The lowest BCUT2D eigenvalue weighted by atomic mass is 10.0. The Hall–Kier alpha value is -3.39. The van der Waals surface area contributed by atoms with Crippen molar-refractivity contribution in [1.82, 2.24) is 4.57 Å². The number of rotatable bonds is 3. The molecule has 3 aromatic rings. The summed E-state index contributed by atoms with van der Waals surface area (Å²) in [5.74, 6) is -0.305. The van der Waals surface area contributed by atoms with Gasteiger partial charge in [-0.25, -0.2) is 0 Å². The molecule has 0 aliphatic carbocycles. The van der Waals surface area contributed by atoms with Gasteiger partial charge in [0.25, 0.3) is 5.56 Å². The number of benzene rings is 2. The maximum atomic E-state index is 13.0. The van der Waals surface area contributed by atoms with E-state index in [0.29, 0.717) is 16.8 Å². The first-order valence-corrected chi connectivity index (χ1v) is 8.28. The molecule has 3 rings (SSSR count). The number of carbonyl (C=O) groups excluding carboxylic acids is 1. The second-order valence-corrected chi connectivity index (χ2v) is 6.70. The molecule has 1 heterocycles. The van der Waals surface area contributed by atoms with Gasteiger partial charge in [0.05, 0.1) is 11.6 Å². The van der Waals surface area contributed by atoms with Crippen molar-refractivity contribution in [1.29, 1.82) is 5.26 Å². The summed E-state index contributed by atoms with van der Waals surface area (Å²) in [7, 11) is 0. The zero-order valence-electron chi connectivity index (χ0n) is 14.9. The molecule has 1 N–H and O–H groups in total. The van der Waals surface area contributed by atoms with Crippen LogP contribution in [0.2, 0.25) is 0 Å². The predicted molar refractivity (Wildman–Crippen MR) is 102 cm³/mol. The Morgan fingerprint density at radius 1 is 1.08 bits per heavy atom. The smallest absolute Gasteiger partial charge is 0.254 e. The van der Waals surface area contributed by atoms with Crippen molar-refractivity contribution in [2.24, 2.45) is 0 Å². The van der Waals surface area contributed by atoms with Gasteiger partial charge in [-0.3, -0.25) is 9.59 Å². The molecular weight excluding hydrogens is 326 g/mol. The van der Waals surface area contributed by atoms with Crippen LogP contribution in [0.25, 0.3) is 10.8 Å². The lowest BCUT2D eigenvalue weighted by Gasteiger charge is -2.27. The third-order valence-corrected chi connectivity index (χ3v) is 4.59. The van der Waals surface area contributed by atoms with Crippen LogP contribution in [0.4, 0.5) is 5.69 Å². The number of aryl methyl sites for hydroxylation is 1. The Balaban J connectivity index is 2.03. The van der Waals surface area contributed by atoms with E-state index in [1.54, 1.807) is 51.2 Å². The van der Waals surface area contributed by atoms with E-state index >= 15 is 0 Å². The topological polar surface area (TPSA) is 74.9 Å². The van der Waals surface area contributed by atoms with Crippen molar-refractivity contribution in [2.75, 3.05) is 5.32 Å². The fourth-order valence-electron chi connectivity index (χ4n) is 2.93. The first-order valence-electron chi connectivity index (χ1n) is 8.28. The fraction of sp³-hybridized carbons (Fsp3) is 0.190. The summed E-state index contributed by atoms with van der Waals surface area (Å²) in [6.07, 6.45) is 1.62. The predicted octanol–water partition coefficient (Wildman–Crippen LogP) is 3.56. The van der Waals surface area contributed by atoms with Crippen molar-refractivity contribution < 1.29 is 4.79 Å². The summed E-state index contributed by atoms with van der Waals surface area (Å²) in [6.45, 7) is 5.13. The average Bonchev–Trinajstić information content (AvgIpc) is 2.64. The number of fused-ring (bicyclic) bond motifs is 1. The van der Waals surface area contributed by atoms with Gasteiger partial charge in [-0.2, -0.15) is 5.26 Å². The number of hydrogen-bond donors (Lipinski definition) is 1. The first kappa shape index (κ1) is 17.4. The van der Waals surface area contributed by atoms with Crippen LogP contribution >= 0.6 is 0 Å². The molecule has 0 atom stereocenters. The van der Waals surface area contributed by atoms with Gasteiger partial charge in [-0.15, -0.1) is 0 Å². The van der Waals surface area contributed by atoms with E-state index in [-0.39, 0.29) is 11.5 Å². The van der Waals surface area contributed by atoms with Crippen molar-refractivity contribution in [2.45, 2.75) is 26.3 Å². The lowest BCUT2D eigenvalue weighted by Crippen LogP contribution is -2.46. The van der Waals surface area contributed by atoms with Crippen LogP contribution in [0.15, 0.2) is 59.5 Å². The zero-order chi connectivity index (χ0) is 18.9. The van der Waals surface area contributed by atoms with E-state index in [4.69, 9.17) is 0 Å². The van der Waals surface area contributed by atoms with Crippen LogP contribution in [0, 0.1) is 18.3 Å². The first-order chi connectivity index (χ1) is 12.4. The molecule has 0 aliphatic rings. The molecule has 0 aliphatic heterocycles. The molecular formula is C21H19N3O2. The van der Waals surface area contributed by atoms with Crippen molar-refractivity contribution in [3.05, 3.63) is 76.2 Å². The maximum Gasteiger partial charge on any atom is 0.254 e. The molecule has 1 aromatic heterocycles. The largest absolute Gasteiger partial charge is 0.323 e. The Morgan fingerprint density at radius 3 is 2.46 bits per heavy atom. The van der Waals surface area contributed by atoms with Crippen LogP contribution in [0.5, 0.6) is 0 Å². The van der Waals surface area contributed by atoms with Gasteiger partial charge in [0, 0.05) is 28.2 Å². The summed E-state index contributed by atoms with van der Waals surface area (Å²) in [5, 5.41) is 13.7. The van der Waals surface area contributed by atoms with Gasteiger partial charge in [-0.05, 0) is 39.0 Å².